The summed E-state index contributed by atoms with van der Waals surface area (Å²) in [5.74, 6) is 0.732. The fraction of sp³-hybridized carbons (Fsp3) is 0.556. The van der Waals surface area contributed by atoms with Gasteiger partial charge in [0, 0.05) is 31.8 Å². The Bertz CT molecular complexity index is 851. The zero-order valence-corrected chi connectivity index (χ0v) is 16.8. The zero-order valence-electron chi connectivity index (χ0n) is 16.0. The SMILES string of the molecule is CCN(Cc1nc(-c2ccc(C)cc2)no1)S(=O)(=O)N1CCCC1COC. The van der Waals surface area contributed by atoms with Crippen molar-refractivity contribution in [2.24, 2.45) is 0 Å². The largest absolute Gasteiger partial charge is 0.383 e. The van der Waals surface area contributed by atoms with E-state index in [9.17, 15) is 8.42 Å². The van der Waals surface area contributed by atoms with Crippen LogP contribution in [0, 0.1) is 6.92 Å². The predicted molar refractivity (Wildman–Crippen MR) is 101 cm³/mol. The number of aromatic nitrogens is 2. The van der Waals surface area contributed by atoms with Crippen LogP contribution in [0.2, 0.25) is 0 Å². The Balaban J connectivity index is 1.76. The average molecular weight is 394 g/mol. The molecule has 0 saturated carbocycles. The van der Waals surface area contributed by atoms with E-state index < -0.39 is 10.2 Å². The minimum Gasteiger partial charge on any atom is -0.383 e. The quantitative estimate of drug-likeness (QED) is 0.682. The van der Waals surface area contributed by atoms with Gasteiger partial charge in [0.2, 0.25) is 11.7 Å². The summed E-state index contributed by atoms with van der Waals surface area (Å²) in [6, 6.07) is 7.64. The molecule has 27 heavy (non-hydrogen) atoms. The van der Waals surface area contributed by atoms with Gasteiger partial charge in [-0.05, 0) is 19.8 Å². The molecule has 1 aliphatic heterocycles. The van der Waals surface area contributed by atoms with E-state index in [2.05, 4.69) is 10.1 Å². The maximum atomic E-state index is 13.1. The molecule has 2 aromatic rings. The van der Waals surface area contributed by atoms with Gasteiger partial charge in [-0.1, -0.05) is 41.9 Å². The van der Waals surface area contributed by atoms with Gasteiger partial charge in [-0.25, -0.2) is 0 Å². The second-order valence-electron chi connectivity index (χ2n) is 6.67. The molecule has 0 spiro atoms. The van der Waals surface area contributed by atoms with Crippen LogP contribution in [0.15, 0.2) is 28.8 Å². The molecule has 1 unspecified atom stereocenters. The van der Waals surface area contributed by atoms with Gasteiger partial charge in [-0.3, -0.25) is 0 Å². The minimum absolute atomic E-state index is 0.0495. The zero-order chi connectivity index (χ0) is 19.4. The average Bonchev–Trinajstić information content (AvgIpc) is 3.30. The number of methoxy groups -OCH3 is 1. The summed E-state index contributed by atoms with van der Waals surface area (Å²) < 4.78 is 39.5. The van der Waals surface area contributed by atoms with Crippen molar-refractivity contribution in [3.05, 3.63) is 35.7 Å². The van der Waals surface area contributed by atoms with Crippen molar-refractivity contribution in [2.75, 3.05) is 26.8 Å². The Morgan fingerprint density at radius 2 is 2.07 bits per heavy atom. The molecule has 0 radical (unpaired) electrons. The smallest absolute Gasteiger partial charge is 0.282 e. The van der Waals surface area contributed by atoms with Gasteiger partial charge in [0.05, 0.1) is 13.2 Å². The van der Waals surface area contributed by atoms with Crippen LogP contribution in [0.4, 0.5) is 0 Å². The Morgan fingerprint density at radius 3 is 2.74 bits per heavy atom. The van der Waals surface area contributed by atoms with Gasteiger partial charge in [0.1, 0.15) is 0 Å². The standard InChI is InChI=1S/C18H26N4O4S/c1-4-21(27(23,24)22-11-5-6-16(22)13-25-3)12-17-19-18(20-26-17)15-9-7-14(2)8-10-15/h7-10,16H,4-6,11-13H2,1-3H3. The highest BCUT2D eigenvalue weighted by molar-refractivity contribution is 7.86. The number of rotatable bonds is 8. The van der Waals surface area contributed by atoms with E-state index in [0.717, 1.165) is 24.0 Å². The molecule has 0 N–H and O–H groups in total. The molecule has 0 aliphatic carbocycles. The molecular weight excluding hydrogens is 368 g/mol. The van der Waals surface area contributed by atoms with Crippen LogP contribution < -0.4 is 0 Å². The van der Waals surface area contributed by atoms with E-state index in [-0.39, 0.29) is 18.5 Å². The second-order valence-corrected chi connectivity index (χ2v) is 8.55. The fourth-order valence-corrected chi connectivity index (χ4v) is 5.07. The maximum absolute atomic E-state index is 13.1. The lowest BCUT2D eigenvalue weighted by Gasteiger charge is -2.29. The summed E-state index contributed by atoms with van der Waals surface area (Å²) in [5, 5.41) is 3.99. The van der Waals surface area contributed by atoms with Crippen molar-refractivity contribution in [3.63, 3.8) is 0 Å². The van der Waals surface area contributed by atoms with E-state index in [1.807, 2.05) is 31.2 Å². The predicted octanol–water partition coefficient (Wildman–Crippen LogP) is 2.22. The van der Waals surface area contributed by atoms with Crippen molar-refractivity contribution < 1.29 is 17.7 Å². The summed E-state index contributed by atoms with van der Waals surface area (Å²) in [6.07, 6.45) is 1.64. The summed E-state index contributed by atoms with van der Waals surface area (Å²) >= 11 is 0. The van der Waals surface area contributed by atoms with E-state index in [0.29, 0.717) is 25.5 Å². The maximum Gasteiger partial charge on any atom is 0.282 e. The van der Waals surface area contributed by atoms with Crippen LogP contribution in [-0.2, 0) is 21.5 Å². The summed E-state index contributed by atoms with van der Waals surface area (Å²) in [6.45, 7) is 5.08. The number of benzene rings is 1. The van der Waals surface area contributed by atoms with E-state index in [4.69, 9.17) is 9.26 Å². The Hall–Kier alpha value is -1.81. The Labute approximate surface area is 160 Å². The van der Waals surface area contributed by atoms with Gasteiger partial charge in [0.25, 0.3) is 10.2 Å². The minimum atomic E-state index is -3.62. The monoisotopic (exact) mass is 394 g/mol. The lowest BCUT2D eigenvalue weighted by molar-refractivity contribution is 0.145. The number of nitrogens with zero attached hydrogens (tertiary/aromatic N) is 4. The lowest BCUT2D eigenvalue weighted by Crippen LogP contribution is -2.46. The normalized spacial score (nSPS) is 18.4. The topological polar surface area (TPSA) is 88.8 Å². The molecule has 8 nitrogen and oxygen atoms in total. The van der Waals surface area contributed by atoms with Crippen molar-refractivity contribution in [1.82, 2.24) is 18.8 Å². The first-order valence-corrected chi connectivity index (χ1v) is 10.5. The van der Waals surface area contributed by atoms with E-state index in [1.165, 1.54) is 8.61 Å². The van der Waals surface area contributed by atoms with Gasteiger partial charge >= 0.3 is 0 Å². The van der Waals surface area contributed by atoms with Gasteiger partial charge in [0.15, 0.2) is 0 Å². The van der Waals surface area contributed by atoms with Crippen molar-refractivity contribution >= 4 is 10.2 Å². The van der Waals surface area contributed by atoms with Gasteiger partial charge < -0.3 is 9.26 Å². The van der Waals surface area contributed by atoms with Crippen LogP contribution >= 0.6 is 0 Å². The molecule has 1 aromatic heterocycles. The summed E-state index contributed by atoms with van der Waals surface area (Å²) in [7, 11) is -2.03. The molecular formula is C18H26N4O4S. The Kier molecular flexibility index (Phi) is 6.25. The third-order valence-electron chi connectivity index (χ3n) is 4.75. The molecule has 1 fully saturated rings. The van der Waals surface area contributed by atoms with E-state index >= 15 is 0 Å². The first-order valence-electron chi connectivity index (χ1n) is 9.11. The van der Waals surface area contributed by atoms with Crippen LogP contribution in [-0.4, -0.2) is 60.0 Å². The van der Waals surface area contributed by atoms with E-state index in [1.54, 1.807) is 14.0 Å². The molecule has 0 amide bonds. The number of ether oxygens (including phenoxy) is 1. The van der Waals surface area contributed by atoms with Crippen LogP contribution in [0.3, 0.4) is 0 Å². The van der Waals surface area contributed by atoms with Gasteiger partial charge in [-0.15, -0.1) is 0 Å². The summed E-state index contributed by atoms with van der Waals surface area (Å²) in [4.78, 5) is 4.37. The molecule has 1 saturated heterocycles. The molecule has 3 rings (SSSR count). The highest BCUT2D eigenvalue weighted by Gasteiger charge is 2.38. The van der Waals surface area contributed by atoms with Crippen LogP contribution in [0.1, 0.15) is 31.2 Å². The molecule has 0 bridgehead atoms. The molecule has 1 aromatic carbocycles. The second kappa shape index (κ2) is 8.47. The first kappa shape index (κ1) is 19.9. The third kappa shape index (κ3) is 4.37. The molecule has 1 aliphatic rings. The van der Waals surface area contributed by atoms with Crippen LogP contribution in [0.5, 0.6) is 0 Å². The highest BCUT2D eigenvalue weighted by Crippen LogP contribution is 2.25. The molecule has 2 heterocycles. The number of aryl methyl sites for hydroxylation is 1. The highest BCUT2D eigenvalue weighted by atomic mass is 32.2. The first-order chi connectivity index (χ1) is 13.0. The third-order valence-corrected chi connectivity index (χ3v) is 6.86. The molecule has 1 atom stereocenters. The molecule has 148 valence electrons. The van der Waals surface area contributed by atoms with Crippen LogP contribution in [0.25, 0.3) is 11.4 Å². The lowest BCUT2D eigenvalue weighted by atomic mass is 10.1. The fourth-order valence-electron chi connectivity index (χ4n) is 3.27. The summed E-state index contributed by atoms with van der Waals surface area (Å²) in [5.41, 5.74) is 1.98. The molecule has 9 heteroatoms. The van der Waals surface area contributed by atoms with Gasteiger partial charge in [-0.2, -0.15) is 22.0 Å². The van der Waals surface area contributed by atoms with Crippen molar-refractivity contribution in [2.45, 2.75) is 39.3 Å². The van der Waals surface area contributed by atoms with Crippen molar-refractivity contribution in [1.29, 1.82) is 0 Å². The number of hydrogen-bond donors (Lipinski definition) is 0. The Morgan fingerprint density at radius 1 is 1.33 bits per heavy atom. The van der Waals surface area contributed by atoms with Crippen molar-refractivity contribution in [3.8, 4) is 11.4 Å². The number of hydrogen-bond acceptors (Lipinski definition) is 6.